The molecule has 0 spiro atoms. The molecule has 0 fully saturated rings. The first-order valence-electron chi connectivity index (χ1n) is 9.45. The second kappa shape index (κ2) is 8.39. The maximum atomic E-state index is 12.4. The van der Waals surface area contributed by atoms with Crippen molar-refractivity contribution in [3.05, 3.63) is 108 Å². The Bertz CT molecular complexity index is 1290. The number of carbonyl (C=O) groups excluding carboxylic acids is 1. The molecule has 0 radical (unpaired) electrons. The van der Waals surface area contributed by atoms with Gasteiger partial charge in [-0.1, -0.05) is 54.6 Å². The Balaban J connectivity index is 1.40. The molecule has 0 saturated heterocycles. The molecule has 0 bridgehead atoms. The molecule has 5 nitrogen and oxygen atoms in total. The Morgan fingerprint density at radius 3 is 2.13 bits per heavy atom. The first kappa shape index (κ1) is 19.7. The molecule has 6 heteroatoms. The van der Waals surface area contributed by atoms with Crippen molar-refractivity contribution < 1.29 is 13.2 Å². The molecule has 30 heavy (non-hydrogen) atoms. The van der Waals surface area contributed by atoms with Crippen LogP contribution in [0.4, 0.5) is 5.69 Å². The highest BCUT2D eigenvalue weighted by Gasteiger charge is 2.14. The van der Waals surface area contributed by atoms with Crippen molar-refractivity contribution >= 4 is 32.4 Å². The third-order valence-electron chi connectivity index (χ3n) is 4.72. The Kier molecular flexibility index (Phi) is 5.50. The summed E-state index contributed by atoms with van der Waals surface area (Å²) in [6, 6.07) is 28.6. The lowest BCUT2D eigenvalue weighted by atomic mass is 10.1. The maximum absolute atomic E-state index is 12.4. The van der Waals surface area contributed by atoms with Crippen molar-refractivity contribution in [1.82, 2.24) is 5.32 Å². The van der Waals surface area contributed by atoms with Crippen molar-refractivity contribution in [2.75, 3.05) is 4.72 Å². The molecule has 4 aromatic carbocycles. The smallest absolute Gasteiger partial charge is 0.261 e. The number of nitrogens with one attached hydrogen (secondary N) is 2. The molecule has 2 N–H and O–H groups in total. The van der Waals surface area contributed by atoms with Gasteiger partial charge in [-0.05, 0) is 58.8 Å². The molecule has 0 saturated carbocycles. The highest BCUT2D eigenvalue weighted by molar-refractivity contribution is 7.92. The largest absolute Gasteiger partial charge is 0.348 e. The SMILES string of the molecule is O=C(NCc1ccc2ccccc2c1)c1ccc(NS(=O)(=O)c2ccccc2)cc1. The number of carbonyl (C=O) groups is 1. The molecule has 0 aliphatic rings. The molecule has 150 valence electrons. The molecular weight excluding hydrogens is 396 g/mol. The lowest BCUT2D eigenvalue weighted by Gasteiger charge is -2.10. The Morgan fingerprint density at radius 2 is 1.40 bits per heavy atom. The predicted octanol–water partition coefficient (Wildman–Crippen LogP) is 4.57. The van der Waals surface area contributed by atoms with Gasteiger partial charge < -0.3 is 5.32 Å². The van der Waals surface area contributed by atoms with Crippen molar-refractivity contribution in [1.29, 1.82) is 0 Å². The quantitative estimate of drug-likeness (QED) is 0.483. The van der Waals surface area contributed by atoms with E-state index in [-0.39, 0.29) is 10.8 Å². The van der Waals surface area contributed by atoms with Crippen LogP contribution in [0.25, 0.3) is 10.8 Å². The van der Waals surface area contributed by atoms with E-state index in [1.54, 1.807) is 42.5 Å². The van der Waals surface area contributed by atoms with Gasteiger partial charge >= 0.3 is 0 Å². The number of rotatable bonds is 6. The van der Waals surface area contributed by atoms with E-state index < -0.39 is 10.0 Å². The number of hydrogen-bond acceptors (Lipinski definition) is 3. The van der Waals surface area contributed by atoms with E-state index in [0.717, 1.165) is 16.3 Å². The molecule has 0 aromatic heterocycles. The normalized spacial score (nSPS) is 11.2. The van der Waals surface area contributed by atoms with Crippen LogP contribution in [-0.2, 0) is 16.6 Å². The second-order valence-corrected chi connectivity index (χ2v) is 8.54. The summed E-state index contributed by atoms with van der Waals surface area (Å²) in [6.07, 6.45) is 0. The van der Waals surface area contributed by atoms with Gasteiger partial charge in [-0.25, -0.2) is 8.42 Å². The summed E-state index contributed by atoms with van der Waals surface area (Å²) >= 11 is 0. The molecule has 0 heterocycles. The van der Waals surface area contributed by atoms with E-state index in [1.165, 1.54) is 12.1 Å². The van der Waals surface area contributed by atoms with Crippen LogP contribution in [-0.4, -0.2) is 14.3 Å². The number of sulfonamides is 1. The number of hydrogen-bond donors (Lipinski definition) is 2. The Labute approximate surface area is 175 Å². The summed E-state index contributed by atoms with van der Waals surface area (Å²) in [7, 11) is -3.66. The fraction of sp³-hybridized carbons (Fsp3) is 0.0417. The van der Waals surface area contributed by atoms with Crippen LogP contribution in [0.1, 0.15) is 15.9 Å². The van der Waals surface area contributed by atoms with Crippen LogP contribution in [0.3, 0.4) is 0 Å². The van der Waals surface area contributed by atoms with Gasteiger partial charge in [0.05, 0.1) is 4.90 Å². The molecule has 0 aliphatic heterocycles. The van der Waals surface area contributed by atoms with Crippen LogP contribution < -0.4 is 10.0 Å². The van der Waals surface area contributed by atoms with E-state index in [0.29, 0.717) is 17.8 Å². The predicted molar refractivity (Wildman–Crippen MR) is 119 cm³/mol. The first-order valence-corrected chi connectivity index (χ1v) is 10.9. The Hall–Kier alpha value is -3.64. The number of fused-ring (bicyclic) bond motifs is 1. The third kappa shape index (κ3) is 4.50. The topological polar surface area (TPSA) is 75.3 Å². The molecule has 4 rings (SSSR count). The van der Waals surface area contributed by atoms with Gasteiger partial charge in [0, 0.05) is 17.8 Å². The van der Waals surface area contributed by atoms with Gasteiger partial charge in [-0.15, -0.1) is 0 Å². The molecule has 4 aromatic rings. The van der Waals surface area contributed by atoms with Crippen molar-refractivity contribution in [2.45, 2.75) is 11.4 Å². The van der Waals surface area contributed by atoms with Crippen molar-refractivity contribution in [3.63, 3.8) is 0 Å². The second-order valence-electron chi connectivity index (χ2n) is 6.86. The summed E-state index contributed by atoms with van der Waals surface area (Å²) in [5.41, 5.74) is 1.86. The van der Waals surface area contributed by atoms with Crippen LogP contribution >= 0.6 is 0 Å². The highest BCUT2D eigenvalue weighted by Crippen LogP contribution is 2.17. The van der Waals surface area contributed by atoms with Gasteiger partial charge in [0.25, 0.3) is 15.9 Å². The van der Waals surface area contributed by atoms with Gasteiger partial charge in [0.1, 0.15) is 0 Å². The maximum Gasteiger partial charge on any atom is 0.261 e. The van der Waals surface area contributed by atoms with Gasteiger partial charge in [0.15, 0.2) is 0 Å². The zero-order chi connectivity index (χ0) is 21.0. The number of benzene rings is 4. The van der Waals surface area contributed by atoms with Crippen molar-refractivity contribution in [3.8, 4) is 0 Å². The van der Waals surface area contributed by atoms with Gasteiger partial charge in [-0.2, -0.15) is 0 Å². The van der Waals surface area contributed by atoms with E-state index in [1.807, 2.05) is 36.4 Å². The summed E-state index contributed by atoms with van der Waals surface area (Å²) in [5, 5.41) is 5.17. The summed E-state index contributed by atoms with van der Waals surface area (Å²) in [6.45, 7) is 0.409. The van der Waals surface area contributed by atoms with Gasteiger partial charge in [-0.3, -0.25) is 9.52 Å². The highest BCUT2D eigenvalue weighted by atomic mass is 32.2. The van der Waals surface area contributed by atoms with E-state index in [9.17, 15) is 13.2 Å². The average molecular weight is 417 g/mol. The molecule has 0 aliphatic carbocycles. The van der Waals surface area contributed by atoms with Crippen LogP contribution in [0.2, 0.25) is 0 Å². The van der Waals surface area contributed by atoms with Crippen LogP contribution in [0.5, 0.6) is 0 Å². The Morgan fingerprint density at radius 1 is 0.733 bits per heavy atom. The van der Waals surface area contributed by atoms with E-state index >= 15 is 0 Å². The lowest BCUT2D eigenvalue weighted by molar-refractivity contribution is 0.0951. The molecule has 0 atom stereocenters. The number of amides is 1. The van der Waals surface area contributed by atoms with Crippen LogP contribution in [0.15, 0.2) is 102 Å². The lowest BCUT2D eigenvalue weighted by Crippen LogP contribution is -2.22. The summed E-state index contributed by atoms with van der Waals surface area (Å²) in [4.78, 5) is 12.6. The standard InChI is InChI=1S/C24H20N2O3S/c27-24(25-17-18-10-11-19-6-4-5-7-21(19)16-18)20-12-14-22(15-13-20)26-30(28,29)23-8-2-1-3-9-23/h1-16,26H,17H2,(H,25,27). The average Bonchev–Trinajstić information content (AvgIpc) is 2.78. The molecular formula is C24H20N2O3S. The fourth-order valence-electron chi connectivity index (χ4n) is 3.14. The first-order chi connectivity index (χ1) is 14.5. The van der Waals surface area contributed by atoms with E-state index in [2.05, 4.69) is 16.1 Å². The van der Waals surface area contributed by atoms with Gasteiger partial charge in [0.2, 0.25) is 0 Å². The zero-order valence-electron chi connectivity index (χ0n) is 16.1. The summed E-state index contributed by atoms with van der Waals surface area (Å²) in [5.74, 6) is -0.222. The minimum absolute atomic E-state index is 0.183. The zero-order valence-corrected chi connectivity index (χ0v) is 16.9. The number of anilines is 1. The van der Waals surface area contributed by atoms with E-state index in [4.69, 9.17) is 0 Å². The third-order valence-corrected chi connectivity index (χ3v) is 6.12. The molecule has 0 unspecified atom stereocenters. The van der Waals surface area contributed by atoms with Crippen LogP contribution in [0, 0.1) is 0 Å². The molecule has 1 amide bonds. The van der Waals surface area contributed by atoms with Crippen molar-refractivity contribution in [2.24, 2.45) is 0 Å². The monoisotopic (exact) mass is 416 g/mol. The minimum atomic E-state index is -3.66. The fourth-order valence-corrected chi connectivity index (χ4v) is 4.22. The minimum Gasteiger partial charge on any atom is -0.348 e. The summed E-state index contributed by atoms with van der Waals surface area (Å²) < 4.78 is 27.3.